The number of nitrogens with one attached hydrogen (secondary N) is 3. The summed E-state index contributed by atoms with van der Waals surface area (Å²) >= 11 is 0. The molecule has 0 bridgehead atoms. The normalized spacial score (nSPS) is 11.2. The Balaban J connectivity index is 1.52. The minimum atomic E-state index is -3.72. The molecule has 0 unspecified atom stereocenters. The van der Waals surface area contributed by atoms with E-state index in [2.05, 4.69) is 15.0 Å². The van der Waals surface area contributed by atoms with Gasteiger partial charge in [-0.2, -0.15) is 0 Å². The summed E-state index contributed by atoms with van der Waals surface area (Å²) in [5.74, 6) is 0.350. The highest BCUT2D eigenvalue weighted by Gasteiger charge is 2.15. The molecule has 3 N–H and O–H groups in total. The molecule has 152 valence electrons. The molecule has 0 aliphatic rings. The fraction of sp³-hybridized carbons (Fsp3) is 0.0455. The summed E-state index contributed by atoms with van der Waals surface area (Å²) in [5.41, 5.74) is 1.97. The van der Waals surface area contributed by atoms with Gasteiger partial charge < -0.3 is 15.0 Å². The summed E-state index contributed by atoms with van der Waals surface area (Å²) in [6.45, 7) is 0. The van der Waals surface area contributed by atoms with Gasteiger partial charge in [0.1, 0.15) is 11.4 Å². The average molecular weight is 421 g/mol. The first kappa shape index (κ1) is 19.5. The predicted octanol–water partition coefficient (Wildman–Crippen LogP) is 4.23. The lowest BCUT2D eigenvalue weighted by Crippen LogP contribution is -2.14. The lowest BCUT2D eigenvalue weighted by molar-refractivity contribution is 0.102. The second kappa shape index (κ2) is 7.92. The molecule has 0 saturated heterocycles. The first-order valence-corrected chi connectivity index (χ1v) is 10.6. The number of rotatable bonds is 6. The molecule has 1 heterocycles. The van der Waals surface area contributed by atoms with Crippen molar-refractivity contribution in [1.29, 1.82) is 0 Å². The van der Waals surface area contributed by atoms with Crippen LogP contribution in [-0.2, 0) is 10.0 Å². The van der Waals surface area contributed by atoms with E-state index in [1.165, 1.54) is 12.1 Å². The van der Waals surface area contributed by atoms with E-state index in [4.69, 9.17) is 4.74 Å². The van der Waals surface area contributed by atoms with Crippen molar-refractivity contribution in [3.63, 3.8) is 0 Å². The molecule has 4 rings (SSSR count). The number of benzene rings is 3. The third-order valence-electron chi connectivity index (χ3n) is 4.50. The third-order valence-corrected chi connectivity index (χ3v) is 5.90. The molecule has 30 heavy (non-hydrogen) atoms. The molecule has 0 aliphatic carbocycles. The minimum absolute atomic E-state index is 0.160. The quantitative estimate of drug-likeness (QED) is 0.434. The second-order valence-electron chi connectivity index (χ2n) is 6.59. The van der Waals surface area contributed by atoms with Gasteiger partial charge in [0.2, 0.25) is 0 Å². The molecule has 0 saturated carbocycles. The van der Waals surface area contributed by atoms with Crippen molar-refractivity contribution in [1.82, 2.24) is 4.98 Å². The number of methoxy groups -OCH3 is 1. The zero-order valence-corrected chi connectivity index (χ0v) is 16.9. The summed E-state index contributed by atoms with van der Waals surface area (Å²) < 4.78 is 32.7. The van der Waals surface area contributed by atoms with Gasteiger partial charge in [-0.25, -0.2) is 8.42 Å². The Morgan fingerprint density at radius 2 is 1.67 bits per heavy atom. The molecule has 0 aliphatic heterocycles. The van der Waals surface area contributed by atoms with E-state index in [0.29, 0.717) is 22.8 Å². The topological polar surface area (TPSA) is 100 Å². The van der Waals surface area contributed by atoms with Crippen LogP contribution >= 0.6 is 0 Å². The molecule has 1 amide bonds. The molecule has 0 spiro atoms. The summed E-state index contributed by atoms with van der Waals surface area (Å²) in [5, 5.41) is 3.66. The van der Waals surface area contributed by atoms with Crippen LogP contribution in [0.2, 0.25) is 0 Å². The molecule has 8 heteroatoms. The van der Waals surface area contributed by atoms with Crippen LogP contribution in [0.15, 0.2) is 83.8 Å². The van der Waals surface area contributed by atoms with Gasteiger partial charge in [0, 0.05) is 22.7 Å². The molecule has 1 aromatic heterocycles. The number of carbonyl (C=O) groups is 1. The lowest BCUT2D eigenvalue weighted by Gasteiger charge is -2.10. The number of H-pyrrole nitrogens is 1. The van der Waals surface area contributed by atoms with E-state index < -0.39 is 10.0 Å². The Labute approximate surface area is 173 Å². The average Bonchev–Trinajstić information content (AvgIpc) is 3.18. The van der Waals surface area contributed by atoms with Crippen molar-refractivity contribution < 1.29 is 17.9 Å². The number of aromatic nitrogens is 1. The molecule has 3 aromatic carbocycles. The summed E-state index contributed by atoms with van der Waals surface area (Å²) in [6.07, 6.45) is 0. The van der Waals surface area contributed by atoms with Crippen molar-refractivity contribution >= 4 is 38.2 Å². The van der Waals surface area contributed by atoms with E-state index in [9.17, 15) is 13.2 Å². The third kappa shape index (κ3) is 4.13. The highest BCUT2D eigenvalue weighted by atomic mass is 32.2. The van der Waals surface area contributed by atoms with Gasteiger partial charge in [0.05, 0.1) is 17.7 Å². The van der Waals surface area contributed by atoms with Crippen LogP contribution in [0.1, 0.15) is 10.5 Å². The predicted molar refractivity (Wildman–Crippen MR) is 116 cm³/mol. The van der Waals surface area contributed by atoms with Crippen LogP contribution in [0.3, 0.4) is 0 Å². The number of hydrogen-bond acceptors (Lipinski definition) is 4. The van der Waals surface area contributed by atoms with Gasteiger partial charge in [-0.05, 0) is 48.5 Å². The summed E-state index contributed by atoms with van der Waals surface area (Å²) in [6, 6.07) is 21.8. The van der Waals surface area contributed by atoms with Crippen LogP contribution in [0.5, 0.6) is 5.75 Å². The van der Waals surface area contributed by atoms with Gasteiger partial charge in [-0.3, -0.25) is 9.52 Å². The maximum absolute atomic E-state index is 12.6. The van der Waals surface area contributed by atoms with Gasteiger partial charge in [-0.1, -0.05) is 24.3 Å². The standard InChI is InChI=1S/C22H19N3O4S/c1-29-18-11-10-15-12-21(24-20(15)14-18)22(26)23-16-6-5-7-17(13-16)25-30(27,28)19-8-3-2-4-9-19/h2-14,24-25H,1H3,(H,23,26). The van der Waals surface area contributed by atoms with Crippen LogP contribution in [-0.4, -0.2) is 26.4 Å². The number of fused-ring (bicyclic) bond motifs is 1. The Kier molecular flexibility index (Phi) is 5.16. The van der Waals surface area contributed by atoms with Crippen molar-refractivity contribution in [2.24, 2.45) is 0 Å². The highest BCUT2D eigenvalue weighted by Crippen LogP contribution is 2.23. The number of hydrogen-bond donors (Lipinski definition) is 3. The van der Waals surface area contributed by atoms with E-state index in [-0.39, 0.29) is 10.8 Å². The zero-order chi connectivity index (χ0) is 21.1. The van der Waals surface area contributed by atoms with Crippen molar-refractivity contribution in [3.05, 3.63) is 84.6 Å². The Bertz CT molecular complexity index is 1310. The lowest BCUT2D eigenvalue weighted by atomic mass is 10.2. The first-order valence-electron chi connectivity index (χ1n) is 9.11. The maximum Gasteiger partial charge on any atom is 0.272 e. The molecule has 0 atom stereocenters. The number of sulfonamides is 1. The number of aromatic amines is 1. The summed E-state index contributed by atoms with van der Waals surface area (Å²) in [7, 11) is -2.14. The maximum atomic E-state index is 12.6. The SMILES string of the molecule is COc1ccc2cc(C(=O)Nc3cccc(NS(=O)(=O)c4ccccc4)c3)[nH]c2c1. The van der Waals surface area contributed by atoms with Crippen molar-refractivity contribution in [2.45, 2.75) is 4.90 Å². The van der Waals surface area contributed by atoms with Crippen molar-refractivity contribution in [2.75, 3.05) is 17.1 Å². The fourth-order valence-corrected chi connectivity index (χ4v) is 4.10. The van der Waals surface area contributed by atoms with Crippen molar-refractivity contribution in [3.8, 4) is 5.75 Å². The van der Waals surface area contributed by atoms with Crippen LogP contribution in [0.4, 0.5) is 11.4 Å². The number of anilines is 2. The number of carbonyl (C=O) groups excluding carboxylic acids is 1. The van der Waals surface area contributed by atoms with Gasteiger partial charge in [0.15, 0.2) is 0 Å². The van der Waals surface area contributed by atoms with E-state index in [1.54, 1.807) is 55.6 Å². The Hall–Kier alpha value is -3.78. The molecule has 0 fully saturated rings. The second-order valence-corrected chi connectivity index (χ2v) is 8.27. The largest absolute Gasteiger partial charge is 0.497 e. The first-order chi connectivity index (χ1) is 14.4. The van der Waals surface area contributed by atoms with Crippen LogP contribution < -0.4 is 14.8 Å². The fourth-order valence-electron chi connectivity index (χ4n) is 3.03. The zero-order valence-electron chi connectivity index (χ0n) is 16.0. The molecular weight excluding hydrogens is 402 g/mol. The van der Waals surface area contributed by atoms with Gasteiger partial charge in [-0.15, -0.1) is 0 Å². The molecule has 4 aromatic rings. The highest BCUT2D eigenvalue weighted by molar-refractivity contribution is 7.92. The van der Waals surface area contributed by atoms with Gasteiger partial charge >= 0.3 is 0 Å². The number of ether oxygens (including phenoxy) is 1. The molecule has 0 radical (unpaired) electrons. The Morgan fingerprint density at radius 1 is 0.900 bits per heavy atom. The monoisotopic (exact) mass is 421 g/mol. The van der Waals surface area contributed by atoms with Crippen LogP contribution in [0, 0.1) is 0 Å². The van der Waals surface area contributed by atoms with E-state index in [0.717, 1.165) is 10.9 Å². The minimum Gasteiger partial charge on any atom is -0.497 e. The Morgan fingerprint density at radius 3 is 2.43 bits per heavy atom. The molecular formula is C22H19N3O4S. The van der Waals surface area contributed by atoms with E-state index in [1.807, 2.05) is 18.2 Å². The van der Waals surface area contributed by atoms with Crippen LogP contribution in [0.25, 0.3) is 10.9 Å². The van der Waals surface area contributed by atoms with Gasteiger partial charge in [0.25, 0.3) is 15.9 Å². The van der Waals surface area contributed by atoms with E-state index >= 15 is 0 Å². The smallest absolute Gasteiger partial charge is 0.272 e. The summed E-state index contributed by atoms with van der Waals surface area (Å²) in [4.78, 5) is 15.9. The number of amides is 1. The molecule has 7 nitrogen and oxygen atoms in total.